The highest BCUT2D eigenvalue weighted by Gasteiger charge is 2.46. The topological polar surface area (TPSA) is 25.8 Å². The largest absolute Gasteiger partial charge is 0.228 e. The van der Waals surface area contributed by atoms with E-state index in [1.54, 1.807) is 0 Å². The third-order valence-corrected chi connectivity index (χ3v) is 12.6. The highest BCUT2D eigenvalue weighted by molar-refractivity contribution is 7.26. The van der Waals surface area contributed by atoms with Crippen molar-refractivity contribution in [2.24, 2.45) is 0 Å². The third kappa shape index (κ3) is 5.02. The molecular weight excluding hydrogens is 697 g/mol. The zero-order valence-corrected chi connectivity index (χ0v) is 31.2. The molecule has 0 bridgehead atoms. The zero-order chi connectivity index (χ0) is 37.1. The van der Waals surface area contributed by atoms with Gasteiger partial charge >= 0.3 is 0 Å². The first-order valence-electron chi connectivity index (χ1n) is 19.1. The number of nitrogens with zero attached hydrogens (tertiary/aromatic N) is 2. The summed E-state index contributed by atoms with van der Waals surface area (Å²) in [6, 6.07) is 74.4. The number of fused-ring (bicyclic) bond motifs is 6. The summed E-state index contributed by atoms with van der Waals surface area (Å²) in [5, 5.41) is 2.51. The number of rotatable bonds is 6. The molecule has 8 aromatic carbocycles. The standard InChI is InChI=1S/C53H34N2S/c1-5-17-35(18-6-1)47-34-48(36-19-7-2-8-20-36)55-52(54-47)44-32-31-43-42-26-14-16-28-49(42)56-51(43)50(44)37-29-30-41-40-25-13-15-27-45(40)53(46(41)33-37,38-21-9-3-10-22-38)39-23-11-4-12-24-39/h1-34H. The van der Waals surface area contributed by atoms with E-state index in [4.69, 9.17) is 9.97 Å². The quantitative estimate of drug-likeness (QED) is 0.170. The van der Waals surface area contributed by atoms with Crippen LogP contribution in [0.25, 0.3) is 76.3 Å². The number of hydrogen-bond donors (Lipinski definition) is 0. The summed E-state index contributed by atoms with van der Waals surface area (Å²) >= 11 is 1.85. The average molecular weight is 731 g/mol. The van der Waals surface area contributed by atoms with Gasteiger partial charge in [-0.25, -0.2) is 9.97 Å². The molecular formula is C53H34N2S. The molecule has 0 radical (unpaired) electrons. The second-order valence-corrected chi connectivity index (χ2v) is 15.5. The summed E-state index contributed by atoms with van der Waals surface area (Å²) in [4.78, 5) is 10.7. The Balaban J connectivity index is 1.23. The van der Waals surface area contributed by atoms with Crippen LogP contribution in [0.4, 0.5) is 0 Å². The molecule has 2 aromatic heterocycles. The minimum absolute atomic E-state index is 0.511. The molecule has 10 aromatic rings. The minimum Gasteiger partial charge on any atom is -0.228 e. The Bertz CT molecular complexity index is 2960. The van der Waals surface area contributed by atoms with Gasteiger partial charge in [0.2, 0.25) is 0 Å². The summed E-state index contributed by atoms with van der Waals surface area (Å²) in [5.41, 5.74) is 14.3. The Kier molecular flexibility index (Phi) is 7.61. The second kappa shape index (κ2) is 13.1. The molecule has 262 valence electrons. The fourth-order valence-electron chi connectivity index (χ4n) is 8.94. The van der Waals surface area contributed by atoms with E-state index in [2.05, 4.69) is 194 Å². The number of thiophene rings is 1. The Morgan fingerprint density at radius 2 is 0.911 bits per heavy atom. The number of hydrogen-bond acceptors (Lipinski definition) is 3. The molecule has 0 unspecified atom stereocenters. The van der Waals surface area contributed by atoms with Crippen LogP contribution in [0.2, 0.25) is 0 Å². The zero-order valence-electron chi connectivity index (χ0n) is 30.4. The first kappa shape index (κ1) is 32.5. The van der Waals surface area contributed by atoms with Gasteiger partial charge in [0.25, 0.3) is 0 Å². The van der Waals surface area contributed by atoms with Crippen LogP contribution in [0.15, 0.2) is 206 Å². The lowest BCUT2D eigenvalue weighted by Gasteiger charge is -2.34. The van der Waals surface area contributed by atoms with E-state index in [0.29, 0.717) is 5.82 Å². The fraction of sp³-hybridized carbons (Fsp3) is 0.0189. The lowest BCUT2D eigenvalue weighted by Crippen LogP contribution is -2.28. The van der Waals surface area contributed by atoms with Gasteiger partial charge in [-0.3, -0.25) is 0 Å². The van der Waals surface area contributed by atoms with Crippen molar-refractivity contribution in [3.05, 3.63) is 229 Å². The molecule has 11 rings (SSSR count). The molecule has 0 saturated heterocycles. The summed E-state index contributed by atoms with van der Waals surface area (Å²) < 4.78 is 2.50. The molecule has 56 heavy (non-hydrogen) atoms. The smallest absolute Gasteiger partial charge is 0.161 e. The fourth-order valence-corrected chi connectivity index (χ4v) is 10.2. The number of benzene rings is 8. The van der Waals surface area contributed by atoms with Crippen molar-refractivity contribution in [2.75, 3.05) is 0 Å². The maximum absolute atomic E-state index is 5.37. The van der Waals surface area contributed by atoms with Gasteiger partial charge in [-0.2, -0.15) is 0 Å². The van der Waals surface area contributed by atoms with Crippen molar-refractivity contribution >= 4 is 31.5 Å². The summed E-state index contributed by atoms with van der Waals surface area (Å²) in [6.45, 7) is 0. The van der Waals surface area contributed by atoms with Gasteiger partial charge in [0.05, 0.1) is 16.8 Å². The van der Waals surface area contributed by atoms with Crippen molar-refractivity contribution in [1.29, 1.82) is 0 Å². The first-order valence-corrected chi connectivity index (χ1v) is 19.9. The van der Waals surface area contributed by atoms with Crippen molar-refractivity contribution in [3.8, 4) is 56.2 Å². The van der Waals surface area contributed by atoms with Crippen LogP contribution in [0, 0.1) is 0 Å². The Morgan fingerprint density at radius 1 is 0.375 bits per heavy atom. The Labute approximate surface area is 330 Å². The van der Waals surface area contributed by atoms with Crippen LogP contribution in [-0.2, 0) is 5.41 Å². The maximum atomic E-state index is 5.37. The van der Waals surface area contributed by atoms with Crippen LogP contribution in [-0.4, -0.2) is 9.97 Å². The van der Waals surface area contributed by atoms with Crippen LogP contribution < -0.4 is 0 Å². The monoisotopic (exact) mass is 730 g/mol. The van der Waals surface area contributed by atoms with Gasteiger partial charge < -0.3 is 0 Å². The Hall–Kier alpha value is -6.94. The lowest BCUT2D eigenvalue weighted by molar-refractivity contribution is 0.769. The van der Waals surface area contributed by atoms with Gasteiger partial charge in [-0.1, -0.05) is 182 Å². The molecule has 3 heteroatoms. The molecule has 0 N–H and O–H groups in total. The predicted molar refractivity (Wildman–Crippen MR) is 234 cm³/mol. The number of aromatic nitrogens is 2. The minimum atomic E-state index is -0.511. The normalized spacial score (nSPS) is 12.8. The molecule has 2 nitrogen and oxygen atoms in total. The Morgan fingerprint density at radius 3 is 1.57 bits per heavy atom. The highest BCUT2D eigenvalue weighted by Crippen LogP contribution is 2.57. The van der Waals surface area contributed by atoms with Gasteiger partial charge in [-0.05, 0) is 63.2 Å². The van der Waals surface area contributed by atoms with Crippen molar-refractivity contribution in [2.45, 2.75) is 5.41 Å². The van der Waals surface area contributed by atoms with E-state index >= 15 is 0 Å². The third-order valence-electron chi connectivity index (χ3n) is 11.4. The van der Waals surface area contributed by atoms with Crippen LogP contribution in [0.5, 0.6) is 0 Å². The van der Waals surface area contributed by atoms with Crippen molar-refractivity contribution in [1.82, 2.24) is 9.97 Å². The van der Waals surface area contributed by atoms with Crippen molar-refractivity contribution < 1.29 is 0 Å². The molecule has 1 aliphatic rings. The van der Waals surface area contributed by atoms with Gasteiger partial charge in [-0.15, -0.1) is 11.3 Å². The van der Waals surface area contributed by atoms with E-state index in [9.17, 15) is 0 Å². The maximum Gasteiger partial charge on any atom is 0.161 e. The van der Waals surface area contributed by atoms with E-state index in [1.807, 2.05) is 23.5 Å². The van der Waals surface area contributed by atoms with E-state index in [0.717, 1.165) is 39.2 Å². The van der Waals surface area contributed by atoms with Crippen LogP contribution in [0.1, 0.15) is 22.3 Å². The summed E-state index contributed by atoms with van der Waals surface area (Å²) in [6.07, 6.45) is 0. The van der Waals surface area contributed by atoms with Gasteiger partial charge in [0.1, 0.15) is 0 Å². The lowest BCUT2D eigenvalue weighted by atomic mass is 9.67. The first-order chi connectivity index (χ1) is 27.8. The van der Waals surface area contributed by atoms with Crippen LogP contribution >= 0.6 is 11.3 Å². The van der Waals surface area contributed by atoms with Gasteiger partial charge in [0, 0.05) is 42.4 Å². The average Bonchev–Trinajstić information content (AvgIpc) is 3.81. The molecule has 0 aliphatic heterocycles. The molecule has 0 amide bonds. The summed E-state index contributed by atoms with van der Waals surface area (Å²) in [7, 11) is 0. The molecule has 0 spiro atoms. The molecule has 0 atom stereocenters. The second-order valence-electron chi connectivity index (χ2n) is 14.4. The molecule has 1 aliphatic carbocycles. The van der Waals surface area contributed by atoms with E-state index in [-0.39, 0.29) is 0 Å². The molecule has 2 heterocycles. The highest BCUT2D eigenvalue weighted by atomic mass is 32.1. The predicted octanol–water partition coefficient (Wildman–Crippen LogP) is 13.9. The van der Waals surface area contributed by atoms with Crippen LogP contribution in [0.3, 0.4) is 0 Å². The summed E-state index contributed by atoms with van der Waals surface area (Å²) in [5.74, 6) is 0.709. The van der Waals surface area contributed by atoms with E-state index in [1.165, 1.54) is 53.6 Å². The van der Waals surface area contributed by atoms with E-state index < -0.39 is 5.41 Å². The van der Waals surface area contributed by atoms with Crippen molar-refractivity contribution in [3.63, 3.8) is 0 Å². The molecule has 0 saturated carbocycles. The molecule has 0 fully saturated rings. The van der Waals surface area contributed by atoms with Gasteiger partial charge in [0.15, 0.2) is 5.82 Å². The SMILES string of the molecule is c1ccc(-c2cc(-c3ccccc3)nc(-c3ccc4c(sc5ccccc54)c3-c3ccc4c(c3)C(c3ccccc3)(c3ccccc3)c3ccccc3-4)n2)cc1.